The standard InChI is InChI=1S/C14H7ClN2S/c15-14-16-9-5-3-7-11-12(9)13(17-14)8-4-1-2-6-10(8)18-11/h1-7H. The predicted octanol–water partition coefficient (Wildman–Crippen LogP) is 4.41. The summed E-state index contributed by atoms with van der Waals surface area (Å²) in [7, 11) is 0. The van der Waals surface area contributed by atoms with Gasteiger partial charge in [0.15, 0.2) is 0 Å². The van der Waals surface area contributed by atoms with Crippen molar-refractivity contribution < 1.29 is 0 Å². The average Bonchev–Trinajstić information content (AvgIpc) is 2.38. The van der Waals surface area contributed by atoms with E-state index < -0.39 is 0 Å². The zero-order valence-electron chi connectivity index (χ0n) is 9.22. The second-order valence-electron chi connectivity index (χ2n) is 4.09. The number of hydrogen-bond acceptors (Lipinski definition) is 3. The second-order valence-corrected chi connectivity index (χ2v) is 5.51. The Bertz CT molecular complexity index is 786. The number of rotatable bonds is 0. The lowest BCUT2D eigenvalue weighted by atomic mass is 10.1. The van der Waals surface area contributed by atoms with Gasteiger partial charge in [0, 0.05) is 20.7 Å². The third kappa shape index (κ3) is 1.38. The van der Waals surface area contributed by atoms with E-state index in [1.54, 1.807) is 11.8 Å². The van der Waals surface area contributed by atoms with Crippen molar-refractivity contribution >= 4 is 34.3 Å². The van der Waals surface area contributed by atoms with Crippen LogP contribution in [-0.4, -0.2) is 9.97 Å². The Morgan fingerprint density at radius 3 is 2.67 bits per heavy atom. The molecule has 3 aromatic rings. The molecular formula is C14H7ClN2S. The van der Waals surface area contributed by atoms with Gasteiger partial charge in [-0.25, -0.2) is 9.97 Å². The van der Waals surface area contributed by atoms with Gasteiger partial charge >= 0.3 is 0 Å². The van der Waals surface area contributed by atoms with Gasteiger partial charge in [-0.15, -0.1) is 0 Å². The maximum atomic E-state index is 6.02. The fourth-order valence-corrected chi connectivity index (χ4v) is 3.56. The minimum Gasteiger partial charge on any atom is -0.218 e. The first-order valence-electron chi connectivity index (χ1n) is 5.56. The van der Waals surface area contributed by atoms with Crippen LogP contribution in [0.25, 0.3) is 22.2 Å². The highest BCUT2D eigenvalue weighted by Crippen LogP contribution is 2.46. The molecule has 0 unspecified atom stereocenters. The molecule has 86 valence electrons. The van der Waals surface area contributed by atoms with Gasteiger partial charge in [0.1, 0.15) is 0 Å². The van der Waals surface area contributed by atoms with Gasteiger partial charge in [0.25, 0.3) is 0 Å². The first-order valence-corrected chi connectivity index (χ1v) is 6.76. The number of halogens is 1. The van der Waals surface area contributed by atoms with E-state index in [0.717, 1.165) is 22.2 Å². The van der Waals surface area contributed by atoms with Crippen molar-refractivity contribution in [3.05, 3.63) is 47.7 Å². The van der Waals surface area contributed by atoms with Gasteiger partial charge in [0.2, 0.25) is 5.28 Å². The number of nitrogens with zero attached hydrogens (tertiary/aromatic N) is 2. The molecule has 2 nitrogen and oxygen atoms in total. The molecule has 0 amide bonds. The Morgan fingerprint density at radius 1 is 0.889 bits per heavy atom. The Hall–Kier alpha value is -1.58. The predicted molar refractivity (Wildman–Crippen MR) is 74.1 cm³/mol. The Labute approximate surface area is 113 Å². The molecule has 0 radical (unpaired) electrons. The third-order valence-corrected chi connectivity index (χ3v) is 4.32. The molecule has 2 heterocycles. The van der Waals surface area contributed by atoms with E-state index in [4.69, 9.17) is 11.6 Å². The van der Waals surface area contributed by atoms with Gasteiger partial charge in [-0.1, -0.05) is 36.0 Å². The van der Waals surface area contributed by atoms with E-state index in [-0.39, 0.29) is 0 Å². The largest absolute Gasteiger partial charge is 0.223 e. The monoisotopic (exact) mass is 270 g/mol. The van der Waals surface area contributed by atoms with Crippen LogP contribution in [0.1, 0.15) is 0 Å². The number of fused-ring (bicyclic) bond motifs is 2. The van der Waals surface area contributed by atoms with Crippen molar-refractivity contribution in [2.24, 2.45) is 0 Å². The van der Waals surface area contributed by atoms with E-state index >= 15 is 0 Å². The highest BCUT2D eigenvalue weighted by molar-refractivity contribution is 7.99. The van der Waals surface area contributed by atoms with Crippen LogP contribution in [0.4, 0.5) is 0 Å². The van der Waals surface area contributed by atoms with E-state index in [0.29, 0.717) is 5.28 Å². The summed E-state index contributed by atoms with van der Waals surface area (Å²) >= 11 is 7.77. The summed E-state index contributed by atoms with van der Waals surface area (Å²) in [5.74, 6) is 0. The van der Waals surface area contributed by atoms with Crippen LogP contribution in [0.3, 0.4) is 0 Å². The molecule has 4 heteroatoms. The van der Waals surface area contributed by atoms with Gasteiger partial charge in [-0.05, 0) is 29.8 Å². The lowest BCUT2D eigenvalue weighted by Crippen LogP contribution is -1.97. The molecule has 0 spiro atoms. The van der Waals surface area contributed by atoms with Crippen molar-refractivity contribution in [3.8, 4) is 11.3 Å². The summed E-state index contributed by atoms with van der Waals surface area (Å²) in [5, 5.41) is 1.40. The zero-order valence-corrected chi connectivity index (χ0v) is 10.8. The molecule has 1 aliphatic heterocycles. The average molecular weight is 271 g/mol. The van der Waals surface area contributed by atoms with Gasteiger partial charge in [-0.3, -0.25) is 0 Å². The minimum absolute atomic E-state index is 0.302. The SMILES string of the molecule is Clc1nc2c3c(cccc3n1)Sc1ccccc1-2. The van der Waals surface area contributed by atoms with Crippen LogP contribution in [0.15, 0.2) is 52.3 Å². The van der Waals surface area contributed by atoms with Crippen LogP contribution >= 0.6 is 23.4 Å². The zero-order chi connectivity index (χ0) is 12.1. The highest BCUT2D eigenvalue weighted by Gasteiger charge is 2.20. The molecule has 0 saturated carbocycles. The van der Waals surface area contributed by atoms with E-state index in [1.807, 2.05) is 24.3 Å². The fourth-order valence-electron chi connectivity index (χ4n) is 2.27. The van der Waals surface area contributed by atoms with Gasteiger partial charge < -0.3 is 0 Å². The summed E-state index contributed by atoms with van der Waals surface area (Å²) in [5.41, 5.74) is 2.98. The van der Waals surface area contributed by atoms with Gasteiger partial charge in [0.05, 0.1) is 11.2 Å². The van der Waals surface area contributed by atoms with E-state index in [9.17, 15) is 0 Å². The molecule has 0 saturated heterocycles. The van der Waals surface area contributed by atoms with E-state index in [1.165, 1.54) is 9.79 Å². The topological polar surface area (TPSA) is 25.8 Å². The number of hydrogen-bond donors (Lipinski definition) is 0. The van der Waals surface area contributed by atoms with Crippen molar-refractivity contribution in [2.45, 2.75) is 9.79 Å². The normalized spacial score (nSPS) is 12.5. The van der Waals surface area contributed by atoms with Crippen molar-refractivity contribution in [3.63, 3.8) is 0 Å². The first kappa shape index (κ1) is 10.4. The molecule has 1 aliphatic rings. The molecule has 0 fully saturated rings. The molecule has 0 aliphatic carbocycles. The van der Waals surface area contributed by atoms with E-state index in [2.05, 4.69) is 28.2 Å². The molecule has 1 aromatic heterocycles. The maximum Gasteiger partial charge on any atom is 0.223 e. The summed E-state index contributed by atoms with van der Waals surface area (Å²) in [6.45, 7) is 0. The Balaban J connectivity index is 2.22. The molecule has 4 rings (SSSR count). The Kier molecular flexibility index (Phi) is 2.13. The molecule has 0 atom stereocenters. The van der Waals surface area contributed by atoms with Crippen molar-refractivity contribution in [1.29, 1.82) is 0 Å². The fraction of sp³-hybridized carbons (Fsp3) is 0. The number of aromatic nitrogens is 2. The summed E-state index contributed by atoms with van der Waals surface area (Å²) < 4.78 is 0. The molecule has 18 heavy (non-hydrogen) atoms. The molecule has 0 bridgehead atoms. The number of benzene rings is 2. The van der Waals surface area contributed by atoms with Crippen LogP contribution < -0.4 is 0 Å². The Morgan fingerprint density at radius 2 is 1.72 bits per heavy atom. The quantitative estimate of drug-likeness (QED) is 0.443. The van der Waals surface area contributed by atoms with Crippen LogP contribution in [0, 0.1) is 0 Å². The first-order chi connectivity index (χ1) is 8.83. The lowest BCUT2D eigenvalue weighted by molar-refractivity contribution is 1.19. The lowest BCUT2D eigenvalue weighted by Gasteiger charge is -2.18. The second kappa shape index (κ2) is 3.70. The van der Waals surface area contributed by atoms with Crippen molar-refractivity contribution in [2.75, 3.05) is 0 Å². The summed E-state index contributed by atoms with van der Waals surface area (Å²) in [6.07, 6.45) is 0. The molecule has 0 N–H and O–H groups in total. The van der Waals surface area contributed by atoms with Crippen molar-refractivity contribution in [1.82, 2.24) is 9.97 Å². The highest BCUT2D eigenvalue weighted by atomic mass is 35.5. The third-order valence-electron chi connectivity index (χ3n) is 3.02. The summed E-state index contributed by atoms with van der Waals surface area (Å²) in [4.78, 5) is 11.1. The van der Waals surface area contributed by atoms with Crippen LogP contribution in [0.5, 0.6) is 0 Å². The maximum absolute atomic E-state index is 6.02. The molecule has 2 aromatic carbocycles. The molecular weight excluding hydrogens is 264 g/mol. The van der Waals surface area contributed by atoms with Crippen LogP contribution in [0.2, 0.25) is 5.28 Å². The smallest absolute Gasteiger partial charge is 0.218 e. The van der Waals surface area contributed by atoms with Gasteiger partial charge in [-0.2, -0.15) is 0 Å². The summed E-state index contributed by atoms with van der Waals surface area (Å²) in [6, 6.07) is 14.3. The minimum atomic E-state index is 0.302. The van der Waals surface area contributed by atoms with Crippen LogP contribution in [-0.2, 0) is 0 Å².